The zero-order chi connectivity index (χ0) is 26.6. The summed E-state index contributed by atoms with van der Waals surface area (Å²) in [5.74, 6) is 2.34. The molecule has 0 N–H and O–H groups in total. The van der Waals surface area contributed by atoms with Gasteiger partial charge in [-0.05, 0) is 81.7 Å². The van der Waals surface area contributed by atoms with Crippen LogP contribution in [0.3, 0.4) is 0 Å². The number of nitrogens with zero attached hydrogens (tertiary/aromatic N) is 2. The molecule has 6 rings (SSSR count). The maximum absolute atomic E-state index is 13.1. The molecule has 1 aliphatic heterocycles. The van der Waals surface area contributed by atoms with E-state index in [0.717, 1.165) is 52.2 Å². The highest BCUT2D eigenvalue weighted by molar-refractivity contribution is 8.40. The monoisotopic (exact) mass is 572 g/mol. The molecular formula is C31H28N2OS4. The van der Waals surface area contributed by atoms with Gasteiger partial charge >= 0.3 is 0 Å². The summed E-state index contributed by atoms with van der Waals surface area (Å²) in [6.07, 6.45) is 3.51. The number of benzene rings is 2. The molecule has 3 aliphatic carbocycles. The Labute approximate surface area is 242 Å². The van der Waals surface area contributed by atoms with Crippen LogP contribution in [-0.2, 0) is 43.3 Å². The molecule has 0 saturated heterocycles. The molecule has 4 aliphatic rings. The van der Waals surface area contributed by atoms with Gasteiger partial charge in [0.2, 0.25) is 0 Å². The van der Waals surface area contributed by atoms with Crippen molar-refractivity contribution >= 4 is 52.8 Å². The fraction of sp³-hybridized carbons (Fsp3) is 0.323. The average molecular weight is 573 g/mol. The lowest BCUT2D eigenvalue weighted by Crippen LogP contribution is -2.12. The lowest BCUT2D eigenvalue weighted by Gasteiger charge is -2.20. The Bertz CT molecular complexity index is 1380. The number of nitriles is 2. The third kappa shape index (κ3) is 6.29. The van der Waals surface area contributed by atoms with Crippen LogP contribution in [0.25, 0.3) is 0 Å². The van der Waals surface area contributed by atoms with Crippen LogP contribution in [0.5, 0.6) is 0 Å². The number of hydrogen-bond acceptors (Lipinski definition) is 7. The van der Waals surface area contributed by atoms with Gasteiger partial charge in [-0.1, -0.05) is 73.8 Å². The van der Waals surface area contributed by atoms with Crippen molar-refractivity contribution in [1.82, 2.24) is 0 Å². The van der Waals surface area contributed by atoms with Gasteiger partial charge in [-0.15, -0.1) is 23.5 Å². The summed E-state index contributed by atoms with van der Waals surface area (Å²) in [6, 6.07) is 17.3. The summed E-state index contributed by atoms with van der Waals surface area (Å²) in [5, 5.41) is 19.4. The Morgan fingerprint density at radius 2 is 1.11 bits per heavy atom. The third-order valence-electron chi connectivity index (χ3n) is 6.65. The molecule has 2 aromatic rings. The Hall–Kier alpha value is -2.29. The van der Waals surface area contributed by atoms with Crippen LogP contribution < -0.4 is 0 Å². The van der Waals surface area contributed by atoms with Crippen molar-refractivity contribution < 1.29 is 4.79 Å². The Morgan fingerprint density at radius 1 is 0.711 bits per heavy atom. The lowest BCUT2D eigenvalue weighted by atomic mass is 9.86. The molecule has 0 saturated carbocycles. The highest BCUT2D eigenvalue weighted by Crippen LogP contribution is 2.58. The van der Waals surface area contributed by atoms with E-state index in [-0.39, 0.29) is 11.4 Å². The standard InChI is InChI=1S/C31H28N2OS4/c1-3-35-30-31(36-4-2)38-29(37-30)26-13-21-5-19-7-23(9-21)15-28(34)16-24-8-20(6-22(10-24)14-26)12-25(11-19)27(17-32)18-33/h5-10H,3-4,11-16H2,1-2H3. The third-order valence-corrected chi connectivity index (χ3v) is 12.1. The second-order valence-electron chi connectivity index (χ2n) is 9.65. The zero-order valence-electron chi connectivity index (χ0n) is 21.6. The number of Topliss-reactive ketones (excluding diaryl/α,β-unsaturated/α-hetero) is 1. The van der Waals surface area contributed by atoms with Gasteiger partial charge < -0.3 is 0 Å². The van der Waals surface area contributed by atoms with E-state index in [9.17, 15) is 15.3 Å². The van der Waals surface area contributed by atoms with Crippen LogP contribution in [0.4, 0.5) is 0 Å². The molecule has 3 nitrogen and oxygen atoms in total. The van der Waals surface area contributed by atoms with Crippen LogP contribution >= 0.6 is 47.0 Å². The van der Waals surface area contributed by atoms with E-state index in [0.29, 0.717) is 25.7 Å². The first kappa shape index (κ1) is 27.3. The van der Waals surface area contributed by atoms with E-state index in [2.05, 4.69) is 62.4 Å². The summed E-state index contributed by atoms with van der Waals surface area (Å²) < 4.78 is 4.23. The molecule has 192 valence electrons. The topological polar surface area (TPSA) is 64.7 Å². The second-order valence-corrected chi connectivity index (χ2v) is 15.0. The van der Waals surface area contributed by atoms with Crippen LogP contribution in [0.15, 0.2) is 65.8 Å². The van der Waals surface area contributed by atoms with E-state index in [1.54, 1.807) is 0 Å². The van der Waals surface area contributed by atoms with Gasteiger partial charge in [0.15, 0.2) is 0 Å². The molecular weight excluding hydrogens is 545 g/mol. The predicted molar refractivity (Wildman–Crippen MR) is 164 cm³/mol. The van der Waals surface area contributed by atoms with Crippen LogP contribution in [0.2, 0.25) is 0 Å². The van der Waals surface area contributed by atoms with E-state index >= 15 is 0 Å². The van der Waals surface area contributed by atoms with Gasteiger partial charge in [0, 0.05) is 12.8 Å². The number of allylic oxidation sites excluding steroid dienone is 3. The fourth-order valence-electron chi connectivity index (χ4n) is 5.28. The Kier molecular flexibility index (Phi) is 8.81. The molecule has 0 aromatic heterocycles. The summed E-state index contributed by atoms with van der Waals surface area (Å²) in [6.45, 7) is 4.43. The summed E-state index contributed by atoms with van der Waals surface area (Å²) >= 11 is 7.72. The quantitative estimate of drug-likeness (QED) is 0.345. The number of fused-ring (bicyclic) bond motifs is 6. The SMILES string of the molecule is CCSC1=C(SCC)SC(=C2Cc3cc4cc(c3)CC(=C(C#N)C#N)Cc3cc(cc(c3)C2)CC(=O)C4)S1. The highest BCUT2D eigenvalue weighted by Gasteiger charge is 2.26. The highest BCUT2D eigenvalue weighted by atomic mass is 32.3. The molecule has 0 fully saturated rings. The minimum atomic E-state index is 0.198. The normalized spacial score (nSPS) is 17.1. The largest absolute Gasteiger partial charge is 0.299 e. The number of carbonyl (C=O) groups is 1. The molecule has 0 spiro atoms. The van der Waals surface area contributed by atoms with Crippen LogP contribution in [0, 0.1) is 22.7 Å². The number of thioether (sulfide) groups is 4. The molecule has 0 radical (unpaired) electrons. The molecule has 1 heterocycles. The summed E-state index contributed by atoms with van der Waals surface area (Å²) in [4.78, 5) is 13.1. The van der Waals surface area contributed by atoms with Crippen molar-refractivity contribution in [3.05, 3.63) is 99.2 Å². The Morgan fingerprint density at radius 3 is 1.50 bits per heavy atom. The molecule has 7 heteroatoms. The first-order valence-corrected chi connectivity index (χ1v) is 16.4. The van der Waals surface area contributed by atoms with Crippen molar-refractivity contribution in [1.29, 1.82) is 10.5 Å². The van der Waals surface area contributed by atoms with E-state index < -0.39 is 0 Å². The first-order chi connectivity index (χ1) is 18.5. The first-order valence-electron chi connectivity index (χ1n) is 12.8. The maximum atomic E-state index is 13.1. The predicted octanol–water partition coefficient (Wildman–Crippen LogP) is 7.91. The molecule has 0 unspecified atom stereocenters. The van der Waals surface area contributed by atoms with Gasteiger partial charge in [0.25, 0.3) is 0 Å². The van der Waals surface area contributed by atoms with Crippen LogP contribution in [0.1, 0.15) is 47.2 Å². The molecule has 2 aromatic carbocycles. The van der Waals surface area contributed by atoms with Gasteiger partial charge in [0.05, 0.1) is 12.7 Å². The van der Waals surface area contributed by atoms with Gasteiger partial charge in [-0.2, -0.15) is 10.5 Å². The molecule has 0 amide bonds. The molecule has 0 atom stereocenters. The van der Waals surface area contributed by atoms with Crippen molar-refractivity contribution in [2.45, 2.75) is 52.4 Å². The fourth-order valence-corrected chi connectivity index (χ4v) is 11.0. The summed E-state index contributed by atoms with van der Waals surface area (Å²) in [7, 11) is 0. The van der Waals surface area contributed by atoms with E-state index in [1.807, 2.05) is 47.0 Å². The zero-order valence-corrected chi connectivity index (χ0v) is 24.8. The van der Waals surface area contributed by atoms with Crippen molar-refractivity contribution in [2.24, 2.45) is 0 Å². The maximum Gasteiger partial charge on any atom is 0.141 e. The van der Waals surface area contributed by atoms with Gasteiger partial charge in [-0.3, -0.25) is 4.79 Å². The minimum absolute atomic E-state index is 0.198. The molecule has 38 heavy (non-hydrogen) atoms. The van der Waals surface area contributed by atoms with Gasteiger partial charge in [0.1, 0.15) is 23.5 Å². The number of rotatable bonds is 4. The van der Waals surface area contributed by atoms with E-state index in [1.165, 1.54) is 29.4 Å². The van der Waals surface area contributed by atoms with Crippen LogP contribution in [-0.4, -0.2) is 17.3 Å². The van der Waals surface area contributed by atoms with Crippen molar-refractivity contribution in [2.75, 3.05) is 11.5 Å². The van der Waals surface area contributed by atoms with Gasteiger partial charge in [-0.25, -0.2) is 0 Å². The van der Waals surface area contributed by atoms with Crippen molar-refractivity contribution in [3.8, 4) is 12.1 Å². The minimum Gasteiger partial charge on any atom is -0.299 e. The number of ketones is 1. The average Bonchev–Trinajstić information content (AvgIpc) is 3.26. The lowest BCUT2D eigenvalue weighted by molar-refractivity contribution is -0.117. The molecule has 6 bridgehead atoms. The Balaban J connectivity index is 1.68. The second kappa shape index (κ2) is 12.3. The smallest absolute Gasteiger partial charge is 0.141 e. The number of carbonyl (C=O) groups excluding carboxylic acids is 1. The number of hydrogen-bond donors (Lipinski definition) is 0. The van der Waals surface area contributed by atoms with E-state index in [4.69, 9.17) is 0 Å². The summed E-state index contributed by atoms with van der Waals surface area (Å²) in [5.41, 5.74) is 9.04. The van der Waals surface area contributed by atoms with Crippen molar-refractivity contribution in [3.63, 3.8) is 0 Å².